The minimum absolute atomic E-state index is 0.418. The monoisotopic (exact) mass is 292 g/mol. The second-order valence-electron chi connectivity index (χ2n) is 7.92. The largest absolute Gasteiger partial charge is 0.306 e. The summed E-state index contributed by atoms with van der Waals surface area (Å²) in [4.78, 5) is 6.01. The lowest BCUT2D eigenvalue weighted by molar-refractivity contribution is 0.101. The van der Waals surface area contributed by atoms with Gasteiger partial charge in [-0.3, -0.25) is 0 Å². The number of nitrogens with one attached hydrogen (secondary N) is 1. The van der Waals surface area contributed by atoms with Gasteiger partial charge in [-0.15, -0.1) is 11.3 Å². The Hall–Kier alpha value is -0.410. The molecule has 0 amide bonds. The van der Waals surface area contributed by atoms with Crippen LogP contribution >= 0.6 is 11.3 Å². The standard InChI is InChI=1S/C17H28N2S/c1-10-14(20-12(3)18-10)11(2)19-15-16(4,5)13-7-8-17(15,6)9-13/h11,13,15,19H,7-9H2,1-6H3. The molecule has 1 aromatic heterocycles. The van der Waals surface area contributed by atoms with Crippen LogP contribution in [0.2, 0.25) is 0 Å². The van der Waals surface area contributed by atoms with E-state index in [1.165, 1.54) is 34.8 Å². The molecule has 0 spiro atoms. The van der Waals surface area contributed by atoms with Crippen molar-refractivity contribution in [3.8, 4) is 0 Å². The minimum Gasteiger partial charge on any atom is -0.306 e. The van der Waals surface area contributed by atoms with Crippen molar-refractivity contribution in [2.24, 2.45) is 16.7 Å². The van der Waals surface area contributed by atoms with Gasteiger partial charge in [-0.05, 0) is 56.8 Å². The number of thiazole rings is 1. The Morgan fingerprint density at radius 1 is 1.30 bits per heavy atom. The Bertz CT molecular complexity index is 514. The SMILES string of the molecule is Cc1nc(C)c(C(C)NC2C3(C)CCC(C3)C2(C)C)s1. The molecule has 112 valence electrons. The summed E-state index contributed by atoms with van der Waals surface area (Å²) in [5.74, 6) is 0.904. The van der Waals surface area contributed by atoms with E-state index in [4.69, 9.17) is 0 Å². The van der Waals surface area contributed by atoms with Crippen LogP contribution in [0.1, 0.15) is 68.6 Å². The fourth-order valence-electron chi connectivity index (χ4n) is 4.99. The molecule has 4 atom stereocenters. The molecule has 3 heteroatoms. The topological polar surface area (TPSA) is 24.9 Å². The van der Waals surface area contributed by atoms with Gasteiger partial charge < -0.3 is 5.32 Å². The smallest absolute Gasteiger partial charge is 0.0900 e. The maximum absolute atomic E-state index is 4.59. The third-order valence-corrected chi connectivity index (χ3v) is 7.27. The van der Waals surface area contributed by atoms with E-state index in [-0.39, 0.29) is 0 Å². The van der Waals surface area contributed by atoms with Gasteiger partial charge in [-0.2, -0.15) is 0 Å². The molecule has 2 nitrogen and oxygen atoms in total. The molecule has 0 aliphatic heterocycles. The summed E-state index contributed by atoms with van der Waals surface area (Å²) < 4.78 is 0. The van der Waals surface area contributed by atoms with Crippen molar-refractivity contribution in [1.29, 1.82) is 0 Å². The second kappa shape index (κ2) is 4.54. The van der Waals surface area contributed by atoms with Crippen LogP contribution in [-0.2, 0) is 0 Å². The molecule has 2 saturated carbocycles. The lowest BCUT2D eigenvalue weighted by Crippen LogP contribution is -2.50. The molecule has 0 aromatic carbocycles. The molecule has 0 radical (unpaired) electrons. The molecule has 2 bridgehead atoms. The molecule has 1 aromatic rings. The van der Waals surface area contributed by atoms with Crippen LogP contribution in [0.4, 0.5) is 0 Å². The van der Waals surface area contributed by atoms with Crippen molar-refractivity contribution in [2.75, 3.05) is 0 Å². The Morgan fingerprint density at radius 3 is 2.50 bits per heavy atom. The van der Waals surface area contributed by atoms with E-state index < -0.39 is 0 Å². The van der Waals surface area contributed by atoms with Gasteiger partial charge >= 0.3 is 0 Å². The van der Waals surface area contributed by atoms with Crippen LogP contribution in [0.15, 0.2) is 0 Å². The van der Waals surface area contributed by atoms with Crippen LogP contribution in [0.25, 0.3) is 0 Å². The lowest BCUT2D eigenvalue weighted by atomic mass is 9.68. The zero-order chi connectivity index (χ0) is 14.7. The molecular weight excluding hydrogens is 264 g/mol. The highest BCUT2D eigenvalue weighted by atomic mass is 32.1. The molecule has 0 saturated heterocycles. The summed E-state index contributed by atoms with van der Waals surface area (Å²) in [6.45, 7) is 14.0. The number of aromatic nitrogens is 1. The summed E-state index contributed by atoms with van der Waals surface area (Å²) in [7, 11) is 0. The van der Waals surface area contributed by atoms with E-state index in [1.807, 2.05) is 11.3 Å². The molecule has 2 fully saturated rings. The van der Waals surface area contributed by atoms with Crippen molar-refractivity contribution < 1.29 is 0 Å². The van der Waals surface area contributed by atoms with Crippen molar-refractivity contribution >= 4 is 11.3 Å². The summed E-state index contributed by atoms with van der Waals surface area (Å²) in [5, 5.41) is 5.17. The van der Waals surface area contributed by atoms with Crippen LogP contribution in [0.3, 0.4) is 0 Å². The molecule has 1 N–H and O–H groups in total. The van der Waals surface area contributed by atoms with Gasteiger partial charge in [-0.25, -0.2) is 4.98 Å². The third-order valence-electron chi connectivity index (χ3n) is 6.02. The Labute approximate surface area is 127 Å². The van der Waals surface area contributed by atoms with Crippen LogP contribution < -0.4 is 5.32 Å². The Balaban J connectivity index is 1.82. The zero-order valence-corrected chi connectivity index (χ0v) is 14.5. The van der Waals surface area contributed by atoms with Crippen molar-refractivity contribution in [3.63, 3.8) is 0 Å². The quantitative estimate of drug-likeness (QED) is 0.879. The number of nitrogens with zero attached hydrogens (tertiary/aromatic N) is 1. The second-order valence-corrected chi connectivity index (χ2v) is 9.15. The van der Waals surface area contributed by atoms with Crippen LogP contribution in [0.5, 0.6) is 0 Å². The van der Waals surface area contributed by atoms with Gasteiger partial charge in [0, 0.05) is 17.0 Å². The van der Waals surface area contributed by atoms with Crippen LogP contribution in [0, 0.1) is 30.6 Å². The highest BCUT2D eigenvalue weighted by molar-refractivity contribution is 7.11. The highest BCUT2D eigenvalue weighted by Crippen LogP contribution is 2.62. The van der Waals surface area contributed by atoms with Gasteiger partial charge in [-0.1, -0.05) is 20.8 Å². The van der Waals surface area contributed by atoms with E-state index in [0.29, 0.717) is 22.9 Å². The van der Waals surface area contributed by atoms with Crippen molar-refractivity contribution in [3.05, 3.63) is 15.6 Å². The fraction of sp³-hybridized carbons (Fsp3) is 0.824. The average Bonchev–Trinajstić information content (AvgIpc) is 2.93. The maximum Gasteiger partial charge on any atom is 0.0900 e. The molecule has 1 heterocycles. The number of fused-ring (bicyclic) bond motifs is 2. The van der Waals surface area contributed by atoms with Gasteiger partial charge in [0.05, 0.1) is 10.7 Å². The Kier molecular flexibility index (Phi) is 3.30. The summed E-state index contributed by atoms with van der Waals surface area (Å²) in [5.41, 5.74) is 2.13. The normalized spacial score (nSPS) is 36.5. The first-order chi connectivity index (χ1) is 9.24. The van der Waals surface area contributed by atoms with Gasteiger partial charge in [0.2, 0.25) is 0 Å². The van der Waals surface area contributed by atoms with Gasteiger partial charge in [0.25, 0.3) is 0 Å². The first-order valence-electron chi connectivity index (χ1n) is 7.94. The van der Waals surface area contributed by atoms with Crippen LogP contribution in [-0.4, -0.2) is 11.0 Å². The van der Waals surface area contributed by atoms with E-state index >= 15 is 0 Å². The van der Waals surface area contributed by atoms with E-state index in [1.54, 1.807) is 0 Å². The first kappa shape index (κ1) is 14.5. The lowest BCUT2D eigenvalue weighted by Gasteiger charge is -2.44. The van der Waals surface area contributed by atoms with Gasteiger partial charge in [0.15, 0.2) is 0 Å². The fourth-order valence-corrected chi connectivity index (χ4v) is 5.93. The summed E-state index contributed by atoms with van der Waals surface area (Å²) in [6, 6.07) is 1.05. The number of hydrogen-bond donors (Lipinski definition) is 1. The van der Waals surface area contributed by atoms with E-state index in [0.717, 1.165) is 5.92 Å². The molecule has 3 rings (SSSR count). The molecule has 20 heavy (non-hydrogen) atoms. The predicted molar refractivity (Wildman–Crippen MR) is 86.2 cm³/mol. The number of hydrogen-bond acceptors (Lipinski definition) is 3. The summed E-state index contributed by atoms with van der Waals surface area (Å²) in [6.07, 6.45) is 4.23. The molecule has 2 aliphatic rings. The zero-order valence-electron chi connectivity index (χ0n) is 13.7. The Morgan fingerprint density at radius 2 is 2.00 bits per heavy atom. The molecule has 2 aliphatic carbocycles. The predicted octanol–water partition coefficient (Wildman–Crippen LogP) is 4.63. The maximum atomic E-state index is 4.59. The highest BCUT2D eigenvalue weighted by Gasteiger charge is 2.59. The first-order valence-corrected chi connectivity index (χ1v) is 8.75. The van der Waals surface area contributed by atoms with Crippen molar-refractivity contribution in [1.82, 2.24) is 10.3 Å². The van der Waals surface area contributed by atoms with Gasteiger partial charge in [0.1, 0.15) is 0 Å². The third kappa shape index (κ3) is 2.05. The number of aryl methyl sites for hydroxylation is 2. The minimum atomic E-state index is 0.418. The number of rotatable bonds is 3. The summed E-state index contributed by atoms with van der Waals surface area (Å²) >= 11 is 1.85. The van der Waals surface area contributed by atoms with E-state index in [2.05, 4.69) is 51.8 Å². The molecule has 4 unspecified atom stereocenters. The van der Waals surface area contributed by atoms with Crippen molar-refractivity contribution in [2.45, 2.75) is 72.9 Å². The molecular formula is C17H28N2S. The van der Waals surface area contributed by atoms with E-state index in [9.17, 15) is 0 Å². The average molecular weight is 292 g/mol.